The molecule has 88 valence electrons. The van der Waals surface area contributed by atoms with Gasteiger partial charge in [0.1, 0.15) is 5.75 Å². The first-order chi connectivity index (χ1) is 8.06. The Hall–Kier alpha value is -1.09. The zero-order chi connectivity index (χ0) is 12.4. The number of halogens is 3. The SMILES string of the molecule is Oc1cc(Cl)cc(Cl)c1Oc1ccc(Cl)cc1. The number of ether oxygens (including phenoxy) is 1. The molecule has 0 atom stereocenters. The number of hydrogen-bond acceptors (Lipinski definition) is 2. The molecule has 5 heteroatoms. The van der Waals surface area contributed by atoms with Gasteiger partial charge in [0.05, 0.1) is 5.02 Å². The molecular weight excluding hydrogens is 282 g/mol. The Morgan fingerprint density at radius 1 is 0.882 bits per heavy atom. The lowest BCUT2D eigenvalue weighted by atomic mass is 10.3. The zero-order valence-corrected chi connectivity index (χ0v) is 10.7. The Kier molecular flexibility index (Phi) is 3.67. The number of phenols is 1. The molecule has 17 heavy (non-hydrogen) atoms. The topological polar surface area (TPSA) is 29.5 Å². The lowest BCUT2D eigenvalue weighted by Crippen LogP contribution is -1.86. The first-order valence-corrected chi connectivity index (χ1v) is 5.81. The van der Waals surface area contributed by atoms with Crippen LogP contribution in [0.4, 0.5) is 0 Å². The van der Waals surface area contributed by atoms with E-state index in [2.05, 4.69) is 0 Å². The highest BCUT2D eigenvalue weighted by molar-refractivity contribution is 6.35. The van der Waals surface area contributed by atoms with Gasteiger partial charge in [-0.15, -0.1) is 0 Å². The fourth-order valence-corrected chi connectivity index (χ4v) is 1.92. The third-order valence-corrected chi connectivity index (χ3v) is 2.77. The van der Waals surface area contributed by atoms with Gasteiger partial charge in [0.25, 0.3) is 0 Å². The monoisotopic (exact) mass is 288 g/mol. The van der Waals surface area contributed by atoms with Crippen molar-refractivity contribution in [3.05, 3.63) is 51.5 Å². The summed E-state index contributed by atoms with van der Waals surface area (Å²) in [5.74, 6) is 0.574. The van der Waals surface area contributed by atoms with Crippen LogP contribution in [0.15, 0.2) is 36.4 Å². The number of phenolic OH excluding ortho intramolecular Hbond substituents is 1. The highest BCUT2D eigenvalue weighted by Crippen LogP contribution is 2.39. The van der Waals surface area contributed by atoms with Crippen LogP contribution in [0.25, 0.3) is 0 Å². The zero-order valence-electron chi connectivity index (χ0n) is 8.45. The van der Waals surface area contributed by atoms with Crippen molar-refractivity contribution in [2.75, 3.05) is 0 Å². The maximum absolute atomic E-state index is 9.67. The summed E-state index contributed by atoms with van der Waals surface area (Å²) in [7, 11) is 0. The molecule has 2 aromatic carbocycles. The van der Waals surface area contributed by atoms with Crippen LogP contribution in [-0.2, 0) is 0 Å². The highest BCUT2D eigenvalue weighted by Gasteiger charge is 2.10. The van der Waals surface area contributed by atoms with E-state index in [9.17, 15) is 5.11 Å². The Labute approximate surface area is 113 Å². The summed E-state index contributed by atoms with van der Waals surface area (Å²) in [6.07, 6.45) is 0. The van der Waals surface area contributed by atoms with E-state index in [0.29, 0.717) is 15.8 Å². The second-order valence-electron chi connectivity index (χ2n) is 3.29. The molecule has 0 unspecified atom stereocenters. The molecule has 0 aliphatic carbocycles. The first-order valence-electron chi connectivity index (χ1n) is 4.67. The van der Waals surface area contributed by atoms with Gasteiger partial charge in [-0.2, -0.15) is 0 Å². The minimum Gasteiger partial charge on any atom is -0.504 e. The standard InChI is InChI=1S/C12H7Cl3O2/c13-7-1-3-9(4-2-7)17-12-10(15)5-8(14)6-11(12)16/h1-6,16H. The maximum atomic E-state index is 9.67. The minimum atomic E-state index is -0.113. The van der Waals surface area contributed by atoms with Crippen LogP contribution < -0.4 is 4.74 Å². The van der Waals surface area contributed by atoms with E-state index < -0.39 is 0 Å². The molecule has 0 aliphatic heterocycles. The summed E-state index contributed by atoms with van der Waals surface area (Å²) in [4.78, 5) is 0. The lowest BCUT2D eigenvalue weighted by molar-refractivity contribution is 0.411. The van der Waals surface area contributed by atoms with Crippen LogP contribution in [0.2, 0.25) is 15.1 Å². The molecule has 0 radical (unpaired) electrons. The van der Waals surface area contributed by atoms with Gasteiger partial charge in [-0.25, -0.2) is 0 Å². The Balaban J connectivity index is 2.33. The van der Waals surface area contributed by atoms with E-state index in [-0.39, 0.29) is 16.5 Å². The predicted molar refractivity (Wildman–Crippen MR) is 69.7 cm³/mol. The van der Waals surface area contributed by atoms with Gasteiger partial charge in [0.2, 0.25) is 0 Å². The lowest BCUT2D eigenvalue weighted by Gasteiger charge is -2.09. The molecule has 0 saturated heterocycles. The number of aromatic hydroxyl groups is 1. The molecule has 2 aromatic rings. The van der Waals surface area contributed by atoms with Gasteiger partial charge in [0.15, 0.2) is 11.5 Å². The highest BCUT2D eigenvalue weighted by atomic mass is 35.5. The second-order valence-corrected chi connectivity index (χ2v) is 4.57. The van der Waals surface area contributed by atoms with Crippen LogP contribution in [0.1, 0.15) is 0 Å². The summed E-state index contributed by atoms with van der Waals surface area (Å²) in [6, 6.07) is 9.56. The van der Waals surface area contributed by atoms with Gasteiger partial charge in [-0.1, -0.05) is 34.8 Å². The number of benzene rings is 2. The Bertz CT molecular complexity index is 515. The third-order valence-electron chi connectivity index (χ3n) is 2.02. The minimum absolute atomic E-state index is 0.113. The van der Waals surface area contributed by atoms with Crippen molar-refractivity contribution in [2.24, 2.45) is 0 Å². The summed E-state index contributed by atoms with van der Waals surface area (Å²) >= 11 is 17.4. The quantitative estimate of drug-likeness (QED) is 0.829. The van der Waals surface area contributed by atoms with E-state index in [4.69, 9.17) is 39.5 Å². The maximum Gasteiger partial charge on any atom is 0.187 e. The number of rotatable bonds is 2. The van der Waals surface area contributed by atoms with E-state index in [0.717, 1.165) is 0 Å². The molecule has 0 saturated carbocycles. The summed E-state index contributed by atoms with van der Waals surface area (Å²) in [5, 5.41) is 10.9. The average molecular weight is 290 g/mol. The van der Waals surface area contributed by atoms with Gasteiger partial charge in [0, 0.05) is 16.1 Å². The van der Waals surface area contributed by atoms with Crippen LogP contribution in [0, 0.1) is 0 Å². The van der Waals surface area contributed by atoms with Crippen LogP contribution in [0.5, 0.6) is 17.2 Å². The van der Waals surface area contributed by atoms with Crippen molar-refractivity contribution in [3.63, 3.8) is 0 Å². The summed E-state index contributed by atoms with van der Waals surface area (Å²) < 4.78 is 5.45. The van der Waals surface area contributed by atoms with Crippen molar-refractivity contribution in [2.45, 2.75) is 0 Å². The molecule has 1 N–H and O–H groups in total. The smallest absolute Gasteiger partial charge is 0.187 e. The normalized spacial score (nSPS) is 10.3. The molecule has 2 nitrogen and oxygen atoms in total. The van der Waals surface area contributed by atoms with E-state index >= 15 is 0 Å². The molecule has 0 bridgehead atoms. The van der Waals surface area contributed by atoms with Crippen LogP contribution in [0.3, 0.4) is 0 Å². The number of hydrogen-bond donors (Lipinski definition) is 1. The van der Waals surface area contributed by atoms with E-state index in [1.54, 1.807) is 24.3 Å². The van der Waals surface area contributed by atoms with E-state index in [1.807, 2.05) is 0 Å². The Morgan fingerprint density at radius 2 is 1.53 bits per heavy atom. The average Bonchev–Trinajstić information content (AvgIpc) is 2.26. The summed E-state index contributed by atoms with van der Waals surface area (Å²) in [5.41, 5.74) is 0. The van der Waals surface area contributed by atoms with Crippen molar-refractivity contribution >= 4 is 34.8 Å². The van der Waals surface area contributed by atoms with Gasteiger partial charge in [-0.05, 0) is 30.3 Å². The first kappa shape index (κ1) is 12.4. The molecule has 0 heterocycles. The van der Waals surface area contributed by atoms with Crippen molar-refractivity contribution < 1.29 is 9.84 Å². The molecule has 0 fully saturated rings. The summed E-state index contributed by atoms with van der Waals surface area (Å²) in [6.45, 7) is 0. The Morgan fingerprint density at radius 3 is 2.12 bits per heavy atom. The fraction of sp³-hybridized carbons (Fsp3) is 0. The molecule has 0 spiro atoms. The largest absolute Gasteiger partial charge is 0.504 e. The molecule has 0 amide bonds. The second kappa shape index (κ2) is 5.05. The van der Waals surface area contributed by atoms with Crippen molar-refractivity contribution in [1.29, 1.82) is 0 Å². The van der Waals surface area contributed by atoms with E-state index in [1.165, 1.54) is 12.1 Å². The molecular formula is C12H7Cl3O2. The van der Waals surface area contributed by atoms with Crippen molar-refractivity contribution in [3.8, 4) is 17.2 Å². The molecule has 0 aromatic heterocycles. The van der Waals surface area contributed by atoms with Crippen LogP contribution >= 0.6 is 34.8 Å². The predicted octanol–water partition coefficient (Wildman–Crippen LogP) is 5.14. The van der Waals surface area contributed by atoms with Crippen molar-refractivity contribution in [1.82, 2.24) is 0 Å². The third kappa shape index (κ3) is 2.97. The van der Waals surface area contributed by atoms with Crippen LogP contribution in [-0.4, -0.2) is 5.11 Å². The van der Waals surface area contributed by atoms with Gasteiger partial charge < -0.3 is 9.84 Å². The fourth-order valence-electron chi connectivity index (χ4n) is 1.27. The molecule has 0 aliphatic rings. The van der Waals surface area contributed by atoms with Gasteiger partial charge in [-0.3, -0.25) is 0 Å². The molecule has 2 rings (SSSR count). The van der Waals surface area contributed by atoms with Gasteiger partial charge >= 0.3 is 0 Å².